The van der Waals surface area contributed by atoms with Crippen LogP contribution in [0.2, 0.25) is 5.02 Å². The zero-order valence-corrected chi connectivity index (χ0v) is 11.2. The highest BCUT2D eigenvalue weighted by Crippen LogP contribution is 2.31. The maximum atomic E-state index is 12.8. The van der Waals surface area contributed by atoms with Crippen LogP contribution in [0, 0.1) is 11.7 Å². The Labute approximate surface area is 116 Å². The van der Waals surface area contributed by atoms with E-state index < -0.39 is 5.82 Å². The molecule has 1 aromatic carbocycles. The molecule has 1 unspecified atom stereocenters. The zero-order valence-electron chi connectivity index (χ0n) is 9.66. The molecule has 3 nitrogen and oxygen atoms in total. The Morgan fingerprint density at radius 2 is 2.22 bits per heavy atom. The minimum absolute atomic E-state index is 0. The van der Waals surface area contributed by atoms with Crippen LogP contribution in [-0.4, -0.2) is 18.5 Å². The predicted molar refractivity (Wildman–Crippen MR) is 71.7 cm³/mol. The molecule has 1 amide bonds. The van der Waals surface area contributed by atoms with Crippen LogP contribution in [0.25, 0.3) is 0 Å². The molecule has 1 aromatic rings. The molecule has 0 radical (unpaired) electrons. The number of hydrogen-bond donors (Lipinski definition) is 2. The molecular weight excluding hydrogens is 278 g/mol. The van der Waals surface area contributed by atoms with Crippen molar-refractivity contribution in [3.63, 3.8) is 0 Å². The van der Waals surface area contributed by atoms with Crippen molar-refractivity contribution in [3.8, 4) is 0 Å². The zero-order chi connectivity index (χ0) is 12.4. The molecule has 0 aliphatic heterocycles. The third-order valence-electron chi connectivity index (χ3n) is 2.90. The standard InChI is InChI=1S/C12H14ClFN2O.ClH/c13-10-5-8(14)3-4-9(10)12(17)16-6-11(15)7-1-2-7;/h3-5,7,11H,1-2,6,15H2,(H,16,17);1H. The van der Waals surface area contributed by atoms with Crippen LogP contribution in [0.15, 0.2) is 18.2 Å². The number of hydrogen-bond acceptors (Lipinski definition) is 2. The Morgan fingerprint density at radius 1 is 1.56 bits per heavy atom. The van der Waals surface area contributed by atoms with Gasteiger partial charge in [-0.15, -0.1) is 12.4 Å². The first-order valence-corrected chi connectivity index (χ1v) is 5.94. The van der Waals surface area contributed by atoms with Crippen molar-refractivity contribution in [2.45, 2.75) is 18.9 Å². The Bertz CT molecular complexity index is 438. The SMILES string of the molecule is Cl.NC(CNC(=O)c1ccc(F)cc1Cl)C1CC1. The van der Waals surface area contributed by atoms with Gasteiger partial charge in [0.05, 0.1) is 10.6 Å². The van der Waals surface area contributed by atoms with Crippen LogP contribution in [-0.2, 0) is 0 Å². The summed E-state index contributed by atoms with van der Waals surface area (Å²) in [5.41, 5.74) is 6.13. The van der Waals surface area contributed by atoms with Gasteiger partial charge in [0.1, 0.15) is 5.82 Å². The van der Waals surface area contributed by atoms with Crippen LogP contribution in [0.3, 0.4) is 0 Å². The van der Waals surface area contributed by atoms with Crippen molar-refractivity contribution in [3.05, 3.63) is 34.6 Å². The van der Waals surface area contributed by atoms with Gasteiger partial charge in [0.15, 0.2) is 0 Å². The van der Waals surface area contributed by atoms with E-state index in [1.807, 2.05) is 0 Å². The van der Waals surface area contributed by atoms with Gasteiger partial charge in [0, 0.05) is 12.6 Å². The summed E-state index contributed by atoms with van der Waals surface area (Å²) >= 11 is 5.78. The maximum Gasteiger partial charge on any atom is 0.252 e. The van der Waals surface area contributed by atoms with Crippen LogP contribution in [0.1, 0.15) is 23.2 Å². The van der Waals surface area contributed by atoms with Gasteiger partial charge in [-0.25, -0.2) is 4.39 Å². The third-order valence-corrected chi connectivity index (χ3v) is 3.21. The summed E-state index contributed by atoms with van der Waals surface area (Å²) in [6, 6.07) is 3.70. The summed E-state index contributed by atoms with van der Waals surface area (Å²) in [6.07, 6.45) is 2.27. The fraction of sp³-hybridized carbons (Fsp3) is 0.417. The fourth-order valence-corrected chi connectivity index (χ4v) is 1.92. The van der Waals surface area contributed by atoms with Crippen molar-refractivity contribution < 1.29 is 9.18 Å². The molecule has 3 N–H and O–H groups in total. The quantitative estimate of drug-likeness (QED) is 0.895. The highest BCUT2D eigenvalue weighted by Gasteiger charge is 2.28. The van der Waals surface area contributed by atoms with Gasteiger partial charge in [-0.2, -0.15) is 0 Å². The van der Waals surface area contributed by atoms with Gasteiger partial charge in [-0.3, -0.25) is 4.79 Å². The lowest BCUT2D eigenvalue weighted by Crippen LogP contribution is -2.38. The number of halogens is 3. The van der Waals surface area contributed by atoms with E-state index in [0.717, 1.165) is 18.9 Å². The average Bonchev–Trinajstić information content (AvgIpc) is 3.09. The number of benzene rings is 1. The molecule has 1 atom stereocenters. The van der Waals surface area contributed by atoms with Gasteiger partial charge in [-0.1, -0.05) is 11.6 Å². The normalized spacial score (nSPS) is 15.7. The number of nitrogens with two attached hydrogens (primary N) is 1. The predicted octanol–water partition coefficient (Wildman–Crippen LogP) is 2.37. The first-order chi connectivity index (χ1) is 8.08. The van der Waals surface area contributed by atoms with Crippen molar-refractivity contribution in [1.82, 2.24) is 5.32 Å². The second-order valence-electron chi connectivity index (χ2n) is 4.34. The molecule has 6 heteroatoms. The fourth-order valence-electron chi connectivity index (χ4n) is 1.67. The van der Waals surface area contributed by atoms with E-state index in [2.05, 4.69) is 5.32 Å². The minimum Gasteiger partial charge on any atom is -0.350 e. The second-order valence-corrected chi connectivity index (χ2v) is 4.74. The Hall–Kier alpha value is -0.840. The molecule has 1 aliphatic rings. The topological polar surface area (TPSA) is 55.1 Å². The van der Waals surface area contributed by atoms with Gasteiger partial charge in [-0.05, 0) is 37.0 Å². The van der Waals surface area contributed by atoms with Crippen LogP contribution in [0.5, 0.6) is 0 Å². The number of carbonyl (C=O) groups is 1. The molecule has 2 rings (SSSR count). The van der Waals surface area contributed by atoms with Crippen LogP contribution in [0.4, 0.5) is 4.39 Å². The summed E-state index contributed by atoms with van der Waals surface area (Å²) in [7, 11) is 0. The Kier molecular flexibility index (Phi) is 5.38. The summed E-state index contributed by atoms with van der Waals surface area (Å²) in [5.74, 6) is -0.244. The first kappa shape index (κ1) is 15.2. The molecular formula is C12H15Cl2FN2O. The molecule has 0 saturated heterocycles. The van der Waals surface area contributed by atoms with Crippen molar-refractivity contribution >= 4 is 29.9 Å². The van der Waals surface area contributed by atoms with E-state index in [4.69, 9.17) is 17.3 Å². The van der Waals surface area contributed by atoms with E-state index in [9.17, 15) is 9.18 Å². The molecule has 0 aromatic heterocycles. The minimum atomic E-state index is -0.457. The van der Waals surface area contributed by atoms with Crippen molar-refractivity contribution in [2.75, 3.05) is 6.54 Å². The van der Waals surface area contributed by atoms with Crippen LogP contribution >= 0.6 is 24.0 Å². The smallest absolute Gasteiger partial charge is 0.252 e. The van der Waals surface area contributed by atoms with Gasteiger partial charge >= 0.3 is 0 Å². The lowest BCUT2D eigenvalue weighted by atomic mass is 10.1. The van der Waals surface area contributed by atoms with E-state index >= 15 is 0 Å². The lowest BCUT2D eigenvalue weighted by Gasteiger charge is -2.12. The average molecular weight is 293 g/mol. The number of carbonyl (C=O) groups excluding carboxylic acids is 1. The molecule has 0 heterocycles. The van der Waals surface area contributed by atoms with E-state index in [1.54, 1.807) is 0 Å². The maximum absolute atomic E-state index is 12.8. The third kappa shape index (κ3) is 3.83. The molecule has 18 heavy (non-hydrogen) atoms. The summed E-state index contributed by atoms with van der Waals surface area (Å²) in [5, 5.41) is 2.82. The van der Waals surface area contributed by atoms with Crippen molar-refractivity contribution in [2.24, 2.45) is 11.7 Å². The summed E-state index contributed by atoms with van der Waals surface area (Å²) in [6.45, 7) is 0.428. The Morgan fingerprint density at radius 3 is 2.78 bits per heavy atom. The Balaban J connectivity index is 0.00000162. The van der Waals surface area contributed by atoms with E-state index in [-0.39, 0.29) is 34.9 Å². The van der Waals surface area contributed by atoms with Crippen molar-refractivity contribution in [1.29, 1.82) is 0 Å². The second kappa shape index (κ2) is 6.36. The largest absolute Gasteiger partial charge is 0.350 e. The van der Waals surface area contributed by atoms with E-state index in [1.165, 1.54) is 12.1 Å². The number of amides is 1. The molecule has 0 bridgehead atoms. The highest BCUT2D eigenvalue weighted by molar-refractivity contribution is 6.33. The number of nitrogens with one attached hydrogen (secondary N) is 1. The van der Waals surface area contributed by atoms with Crippen LogP contribution < -0.4 is 11.1 Å². The monoisotopic (exact) mass is 292 g/mol. The molecule has 100 valence electrons. The van der Waals surface area contributed by atoms with Gasteiger partial charge in [0.2, 0.25) is 0 Å². The van der Waals surface area contributed by atoms with Gasteiger partial charge < -0.3 is 11.1 Å². The molecule has 1 aliphatic carbocycles. The highest BCUT2D eigenvalue weighted by atomic mass is 35.5. The lowest BCUT2D eigenvalue weighted by molar-refractivity contribution is 0.0950. The molecule has 0 spiro atoms. The molecule has 1 fully saturated rings. The van der Waals surface area contributed by atoms with Gasteiger partial charge in [0.25, 0.3) is 5.91 Å². The number of rotatable bonds is 4. The molecule has 1 saturated carbocycles. The summed E-state index contributed by atoms with van der Waals surface area (Å²) in [4.78, 5) is 11.8. The summed E-state index contributed by atoms with van der Waals surface area (Å²) < 4.78 is 12.8. The van der Waals surface area contributed by atoms with E-state index in [0.29, 0.717) is 12.5 Å². The first-order valence-electron chi connectivity index (χ1n) is 5.57.